The maximum atomic E-state index is 14.3. The van der Waals surface area contributed by atoms with Crippen LogP contribution in [0.2, 0.25) is 0 Å². The lowest BCUT2D eigenvalue weighted by Gasteiger charge is -2.38. The lowest BCUT2D eigenvalue weighted by atomic mass is 9.77. The highest BCUT2D eigenvalue weighted by atomic mass is 19.1. The van der Waals surface area contributed by atoms with Crippen LogP contribution in [-0.2, 0) is 5.60 Å². The van der Waals surface area contributed by atoms with Gasteiger partial charge in [0.05, 0.1) is 11.3 Å². The minimum atomic E-state index is -0.639. The van der Waals surface area contributed by atoms with Crippen LogP contribution in [0.4, 0.5) is 8.78 Å². The molecule has 2 aliphatic carbocycles. The van der Waals surface area contributed by atoms with E-state index in [0.29, 0.717) is 0 Å². The Kier molecular flexibility index (Phi) is 3.79. The number of nitrogens with zero attached hydrogens (tertiary/aromatic N) is 3. The molecule has 0 unspecified atom stereocenters. The molecule has 2 heterocycles. The molecule has 2 atom stereocenters. The molecule has 0 radical (unpaired) electrons. The second-order valence-electron chi connectivity index (χ2n) is 8.51. The highest BCUT2D eigenvalue weighted by Crippen LogP contribution is 2.67. The van der Waals surface area contributed by atoms with Gasteiger partial charge in [-0.3, -0.25) is 4.98 Å². The number of fused-ring (bicyclic) bond motifs is 5. The second-order valence-corrected chi connectivity index (χ2v) is 8.51. The number of hydrogen-bond donors (Lipinski definition) is 0. The molecule has 1 aromatic carbocycles. The third-order valence-electron chi connectivity index (χ3n) is 6.66. The molecule has 0 aliphatic heterocycles. The van der Waals surface area contributed by atoms with E-state index in [9.17, 15) is 8.78 Å². The fourth-order valence-electron chi connectivity index (χ4n) is 5.15. The molecule has 5 rings (SSSR count). The van der Waals surface area contributed by atoms with Crippen LogP contribution in [0.3, 0.4) is 0 Å². The van der Waals surface area contributed by atoms with Crippen LogP contribution in [0.15, 0.2) is 42.6 Å². The Morgan fingerprint density at radius 1 is 1.07 bits per heavy atom. The Labute approximate surface area is 168 Å². The van der Waals surface area contributed by atoms with Gasteiger partial charge in [0.2, 0.25) is 0 Å². The summed E-state index contributed by atoms with van der Waals surface area (Å²) < 4.78 is 35.2. The van der Waals surface area contributed by atoms with Gasteiger partial charge in [-0.1, -0.05) is 19.9 Å². The fourth-order valence-corrected chi connectivity index (χ4v) is 5.15. The molecule has 2 bridgehead atoms. The number of ether oxygens (including phenoxy) is 1. The van der Waals surface area contributed by atoms with Crippen molar-refractivity contribution in [1.29, 1.82) is 0 Å². The van der Waals surface area contributed by atoms with Crippen molar-refractivity contribution >= 4 is 0 Å². The molecular formula is C23H21F2N3O. The highest BCUT2D eigenvalue weighted by molar-refractivity contribution is 5.63. The molecule has 1 fully saturated rings. The summed E-state index contributed by atoms with van der Waals surface area (Å²) in [4.78, 5) is 4.24. The van der Waals surface area contributed by atoms with E-state index < -0.39 is 17.2 Å². The van der Waals surface area contributed by atoms with Crippen molar-refractivity contribution in [2.75, 3.05) is 0 Å². The van der Waals surface area contributed by atoms with Gasteiger partial charge in [-0.05, 0) is 55.5 Å². The van der Waals surface area contributed by atoms with Crippen LogP contribution < -0.4 is 4.74 Å². The normalized spacial score (nSPS) is 23.8. The maximum absolute atomic E-state index is 14.3. The number of pyridine rings is 1. The van der Waals surface area contributed by atoms with Crippen molar-refractivity contribution in [3.05, 3.63) is 71.2 Å². The third kappa shape index (κ3) is 2.44. The van der Waals surface area contributed by atoms with E-state index in [2.05, 4.69) is 29.0 Å². The van der Waals surface area contributed by atoms with Gasteiger partial charge in [0, 0.05) is 23.4 Å². The molecule has 29 heavy (non-hydrogen) atoms. The van der Waals surface area contributed by atoms with Gasteiger partial charge in [0.15, 0.2) is 5.60 Å². The van der Waals surface area contributed by atoms with Gasteiger partial charge in [-0.25, -0.2) is 8.78 Å². The smallest absolute Gasteiger partial charge is 0.158 e. The SMILES string of the molecule is Cc1cc(O[C@@]23CC[C@@H](c4cc(-c5c(F)cccc5F)nnc42)C3(C)C)ccn1. The topological polar surface area (TPSA) is 47.9 Å². The summed E-state index contributed by atoms with van der Waals surface area (Å²) in [6, 6.07) is 9.36. The number of aromatic nitrogens is 3. The van der Waals surface area contributed by atoms with E-state index >= 15 is 0 Å². The molecule has 3 aromatic rings. The van der Waals surface area contributed by atoms with Crippen molar-refractivity contribution in [1.82, 2.24) is 15.2 Å². The Morgan fingerprint density at radius 3 is 2.55 bits per heavy atom. The average molecular weight is 393 g/mol. The summed E-state index contributed by atoms with van der Waals surface area (Å²) >= 11 is 0. The number of hydrogen-bond acceptors (Lipinski definition) is 4. The highest BCUT2D eigenvalue weighted by Gasteiger charge is 2.65. The van der Waals surface area contributed by atoms with Crippen LogP contribution in [0.5, 0.6) is 5.75 Å². The van der Waals surface area contributed by atoms with Gasteiger partial charge in [0.1, 0.15) is 23.1 Å². The van der Waals surface area contributed by atoms with E-state index in [4.69, 9.17) is 4.74 Å². The van der Waals surface area contributed by atoms with Crippen LogP contribution in [0.25, 0.3) is 11.3 Å². The Balaban J connectivity index is 1.64. The molecule has 148 valence electrons. The molecular weight excluding hydrogens is 372 g/mol. The molecule has 2 aromatic heterocycles. The predicted octanol–water partition coefficient (Wildman–Crippen LogP) is 5.32. The second kappa shape index (κ2) is 6.05. The average Bonchev–Trinajstić information content (AvgIpc) is 3.02. The lowest BCUT2D eigenvalue weighted by molar-refractivity contribution is -0.0192. The largest absolute Gasteiger partial charge is 0.480 e. The van der Waals surface area contributed by atoms with Crippen LogP contribution in [0.1, 0.15) is 49.6 Å². The molecule has 6 heteroatoms. The van der Waals surface area contributed by atoms with Crippen LogP contribution in [-0.4, -0.2) is 15.2 Å². The number of rotatable bonds is 3. The summed E-state index contributed by atoms with van der Waals surface area (Å²) in [5.41, 5.74) is 1.85. The van der Waals surface area contributed by atoms with E-state index in [0.717, 1.165) is 35.5 Å². The Bertz CT molecular complexity index is 1110. The van der Waals surface area contributed by atoms with Gasteiger partial charge in [-0.15, -0.1) is 5.10 Å². The molecule has 0 saturated heterocycles. The lowest BCUT2D eigenvalue weighted by Crippen LogP contribution is -2.41. The van der Waals surface area contributed by atoms with Crippen molar-refractivity contribution in [2.45, 2.75) is 45.1 Å². The first-order valence-electron chi connectivity index (χ1n) is 9.78. The zero-order valence-corrected chi connectivity index (χ0v) is 16.5. The number of halogens is 2. The number of benzene rings is 1. The maximum Gasteiger partial charge on any atom is 0.158 e. The first-order valence-corrected chi connectivity index (χ1v) is 9.78. The van der Waals surface area contributed by atoms with Crippen LogP contribution in [0, 0.1) is 24.0 Å². The van der Waals surface area contributed by atoms with Crippen molar-refractivity contribution in [3.8, 4) is 17.0 Å². The number of aryl methyl sites for hydroxylation is 1. The predicted molar refractivity (Wildman–Crippen MR) is 104 cm³/mol. The Morgan fingerprint density at radius 2 is 1.83 bits per heavy atom. The van der Waals surface area contributed by atoms with Gasteiger partial charge >= 0.3 is 0 Å². The summed E-state index contributed by atoms with van der Waals surface area (Å²) in [6.07, 6.45) is 3.47. The quantitative estimate of drug-likeness (QED) is 0.605. The molecule has 1 saturated carbocycles. The summed E-state index contributed by atoms with van der Waals surface area (Å²) in [7, 11) is 0. The zero-order valence-electron chi connectivity index (χ0n) is 16.5. The summed E-state index contributed by atoms with van der Waals surface area (Å²) in [5.74, 6) is -0.352. The Hall–Kier alpha value is -2.89. The first kappa shape index (κ1) is 18.2. The van der Waals surface area contributed by atoms with Crippen molar-refractivity contribution < 1.29 is 13.5 Å². The van der Waals surface area contributed by atoms with E-state index in [1.165, 1.54) is 18.2 Å². The zero-order chi connectivity index (χ0) is 20.4. The summed E-state index contributed by atoms with van der Waals surface area (Å²) in [5, 5.41) is 8.67. The van der Waals surface area contributed by atoms with Gasteiger partial charge in [-0.2, -0.15) is 5.10 Å². The minimum Gasteiger partial charge on any atom is -0.480 e. The van der Waals surface area contributed by atoms with Gasteiger partial charge < -0.3 is 4.74 Å². The molecule has 2 aliphatic rings. The minimum absolute atomic E-state index is 0.136. The third-order valence-corrected chi connectivity index (χ3v) is 6.66. The van der Waals surface area contributed by atoms with Crippen molar-refractivity contribution in [2.24, 2.45) is 5.41 Å². The molecule has 0 N–H and O–H groups in total. The van der Waals surface area contributed by atoms with Crippen LogP contribution >= 0.6 is 0 Å². The molecule has 0 spiro atoms. The van der Waals surface area contributed by atoms with E-state index in [1.807, 2.05) is 19.1 Å². The molecule has 0 amide bonds. The molecule has 4 nitrogen and oxygen atoms in total. The van der Waals surface area contributed by atoms with Gasteiger partial charge in [0.25, 0.3) is 0 Å². The van der Waals surface area contributed by atoms with E-state index in [-0.39, 0.29) is 22.6 Å². The first-order chi connectivity index (χ1) is 13.8. The summed E-state index contributed by atoms with van der Waals surface area (Å²) in [6.45, 7) is 6.26. The monoisotopic (exact) mass is 393 g/mol. The standard InChI is InChI=1S/C23H21F2N3O/c1-13-11-14(8-10-26-13)29-23-9-7-16(22(23,2)3)15-12-19(27-28-21(15)23)20-17(24)5-4-6-18(20)25/h4-6,8,10-12,16H,7,9H2,1-3H3/t16-,23-/m0/s1. The van der Waals surface area contributed by atoms with Crippen molar-refractivity contribution in [3.63, 3.8) is 0 Å². The van der Waals surface area contributed by atoms with E-state index in [1.54, 1.807) is 12.3 Å². The fraction of sp³-hybridized carbons (Fsp3) is 0.348.